The second-order valence-corrected chi connectivity index (χ2v) is 8.88. The number of carbonyl (C=O) groups is 1. The fourth-order valence-electron chi connectivity index (χ4n) is 5.35. The summed E-state index contributed by atoms with van der Waals surface area (Å²) in [4.78, 5) is 14.4. The summed E-state index contributed by atoms with van der Waals surface area (Å²) in [5.41, 5.74) is 2.07. The third-order valence-corrected chi connectivity index (χ3v) is 7.45. The minimum absolute atomic E-state index is 0.158. The number of hydrogen-bond donors (Lipinski definition) is 1. The van der Waals surface area contributed by atoms with E-state index in [1.54, 1.807) is 4.90 Å². The van der Waals surface area contributed by atoms with Crippen molar-refractivity contribution in [3.8, 4) is 0 Å². The van der Waals surface area contributed by atoms with Gasteiger partial charge in [0.1, 0.15) is 12.3 Å². The van der Waals surface area contributed by atoms with E-state index in [0.717, 1.165) is 22.4 Å². The minimum atomic E-state index is -2.45. The summed E-state index contributed by atoms with van der Waals surface area (Å²) >= 11 is -2.45. The molecule has 1 N–H and O–H groups in total. The van der Waals surface area contributed by atoms with Crippen LogP contribution in [0.4, 0.5) is 10.5 Å². The average Bonchev–Trinajstić information content (AvgIpc) is 3.23. The zero-order chi connectivity index (χ0) is 20.9. The first kappa shape index (κ1) is 19.3. The van der Waals surface area contributed by atoms with Crippen molar-refractivity contribution in [1.29, 1.82) is 0 Å². The van der Waals surface area contributed by atoms with Crippen molar-refractivity contribution in [3.63, 3.8) is 0 Å². The Kier molecular flexibility index (Phi) is 4.46. The highest BCUT2D eigenvalue weighted by Crippen LogP contribution is 2.60. The number of fused-ring (bicyclic) bond motifs is 1. The van der Waals surface area contributed by atoms with Crippen LogP contribution in [0, 0.1) is 0 Å². The van der Waals surface area contributed by atoms with E-state index in [9.17, 15) is 13.6 Å². The van der Waals surface area contributed by atoms with Crippen molar-refractivity contribution in [2.45, 2.75) is 24.1 Å². The molecule has 3 aliphatic rings. The van der Waals surface area contributed by atoms with Crippen LogP contribution in [0.15, 0.2) is 66.7 Å². The molecule has 0 radical (unpaired) electrons. The maximum atomic E-state index is 12.9. The molecule has 3 atom stereocenters. The van der Waals surface area contributed by atoms with Gasteiger partial charge in [-0.05, 0) is 29.2 Å². The molecule has 30 heavy (non-hydrogen) atoms. The van der Waals surface area contributed by atoms with Crippen molar-refractivity contribution in [2.75, 3.05) is 25.0 Å². The van der Waals surface area contributed by atoms with Crippen LogP contribution in [0.2, 0.25) is 0 Å². The number of likely N-dealkylation sites (tertiary alicyclic amines) is 1. The maximum absolute atomic E-state index is 12.9. The monoisotopic (exact) mass is 424 g/mol. The van der Waals surface area contributed by atoms with Gasteiger partial charge in [0.15, 0.2) is 0 Å². The number of rotatable bonds is 3. The van der Waals surface area contributed by atoms with E-state index in [4.69, 9.17) is 4.74 Å². The van der Waals surface area contributed by atoms with E-state index in [-0.39, 0.29) is 13.2 Å². The Labute approximate surface area is 177 Å². The van der Waals surface area contributed by atoms with Gasteiger partial charge < -0.3 is 19.5 Å². The van der Waals surface area contributed by atoms with Crippen molar-refractivity contribution >= 4 is 23.0 Å². The molecule has 8 heteroatoms. The van der Waals surface area contributed by atoms with Crippen LogP contribution < -0.4 is 5.32 Å². The van der Waals surface area contributed by atoms with Crippen LogP contribution in [0.5, 0.6) is 0 Å². The highest BCUT2D eigenvalue weighted by molar-refractivity contribution is 7.76. The summed E-state index contributed by atoms with van der Waals surface area (Å²) < 4.78 is 31.3. The van der Waals surface area contributed by atoms with Crippen molar-refractivity contribution in [1.82, 2.24) is 9.21 Å². The molecule has 2 saturated heterocycles. The quantitative estimate of drug-likeness (QED) is 0.605. The fraction of sp³-hybridized carbons (Fsp3) is 0.318. The molecule has 7 nitrogen and oxygen atoms in total. The number of nitrogens with one attached hydrogen (secondary N) is 1. The van der Waals surface area contributed by atoms with Gasteiger partial charge in [0.25, 0.3) is 0 Å². The number of amides is 1. The van der Waals surface area contributed by atoms with Gasteiger partial charge in [0.2, 0.25) is 0 Å². The molecular weight excluding hydrogens is 402 g/mol. The summed E-state index contributed by atoms with van der Waals surface area (Å²) in [5, 5.41) is 3.45. The van der Waals surface area contributed by atoms with Crippen molar-refractivity contribution in [2.24, 2.45) is 0 Å². The van der Waals surface area contributed by atoms with Gasteiger partial charge >= 0.3 is 6.09 Å². The van der Waals surface area contributed by atoms with Crippen molar-refractivity contribution < 1.29 is 18.3 Å². The van der Waals surface area contributed by atoms with Crippen molar-refractivity contribution in [3.05, 3.63) is 77.9 Å². The number of para-hydroxylation sites is 1. The van der Waals surface area contributed by atoms with E-state index in [2.05, 4.69) is 11.9 Å². The predicted molar refractivity (Wildman–Crippen MR) is 112 cm³/mol. The number of carbonyl (C=O) groups excluding carboxylic acids is 1. The van der Waals surface area contributed by atoms with Crippen LogP contribution in [-0.4, -0.2) is 49.4 Å². The molecule has 3 heterocycles. The molecule has 1 amide bonds. The van der Waals surface area contributed by atoms with E-state index >= 15 is 0 Å². The van der Waals surface area contributed by atoms with E-state index in [1.165, 1.54) is 4.31 Å². The largest absolute Gasteiger partial charge is 0.760 e. The second kappa shape index (κ2) is 6.94. The predicted octanol–water partition coefficient (Wildman–Crippen LogP) is 2.75. The maximum Gasteiger partial charge on any atom is 0.410 e. The van der Waals surface area contributed by atoms with Gasteiger partial charge in [-0.2, -0.15) is 0 Å². The summed E-state index contributed by atoms with van der Waals surface area (Å²) in [6.45, 7) is 5.34. The molecule has 0 bridgehead atoms. The number of benzene rings is 2. The van der Waals surface area contributed by atoms with Gasteiger partial charge in [-0.3, -0.25) is 4.21 Å². The number of hydrogen-bond acceptors (Lipinski definition) is 5. The van der Waals surface area contributed by atoms with Gasteiger partial charge in [-0.25, -0.2) is 9.10 Å². The molecule has 3 aliphatic heterocycles. The summed E-state index contributed by atoms with van der Waals surface area (Å²) in [5.74, 6) is 0. The fourth-order valence-corrected chi connectivity index (χ4v) is 6.10. The average molecular weight is 425 g/mol. The Morgan fingerprint density at radius 1 is 1.20 bits per heavy atom. The second-order valence-electron chi connectivity index (χ2n) is 8.01. The van der Waals surface area contributed by atoms with Gasteiger partial charge in [0.05, 0.1) is 12.0 Å². The van der Waals surface area contributed by atoms with Crippen LogP contribution in [0.3, 0.4) is 0 Å². The molecule has 1 unspecified atom stereocenters. The zero-order valence-corrected chi connectivity index (χ0v) is 17.2. The molecule has 2 aromatic carbocycles. The van der Waals surface area contributed by atoms with E-state index in [0.29, 0.717) is 19.5 Å². The molecule has 2 aromatic rings. The first-order valence-corrected chi connectivity index (χ1v) is 10.9. The first-order chi connectivity index (χ1) is 14.5. The van der Waals surface area contributed by atoms with E-state index < -0.39 is 28.4 Å². The molecule has 5 rings (SSSR count). The van der Waals surface area contributed by atoms with E-state index in [1.807, 2.05) is 54.6 Å². The summed E-state index contributed by atoms with van der Waals surface area (Å²) in [7, 11) is 0. The lowest BCUT2D eigenvalue weighted by Crippen LogP contribution is -2.69. The Bertz CT molecular complexity index is 1050. The van der Waals surface area contributed by atoms with Gasteiger partial charge in [0, 0.05) is 30.0 Å². The minimum Gasteiger partial charge on any atom is -0.760 e. The number of ether oxygens (including phenoxy) is 1. The Morgan fingerprint density at radius 3 is 2.70 bits per heavy atom. The molecule has 0 aliphatic carbocycles. The Balaban J connectivity index is 1.47. The molecular formula is C22H22N3O4S-. The van der Waals surface area contributed by atoms with Gasteiger partial charge in [-0.15, -0.1) is 0 Å². The standard InChI is InChI=1S/C22H23N3O4S/c1-16-13-24(20(26)29-14-17-7-3-2-4-8-17)15-22-21(16,11-12-25(22)30(27)28)18-9-5-6-10-19(18)23-22/h2-10,23H,1,11-15H2,(H,27,28)/p-1/t21-,22+/m0/s1. The lowest BCUT2D eigenvalue weighted by Gasteiger charge is -2.52. The highest BCUT2D eigenvalue weighted by atomic mass is 32.2. The van der Waals surface area contributed by atoms with Gasteiger partial charge in [-0.1, -0.05) is 55.1 Å². The summed E-state index contributed by atoms with van der Waals surface area (Å²) in [6.07, 6.45) is 0.140. The third-order valence-electron chi connectivity index (χ3n) is 6.60. The lowest BCUT2D eigenvalue weighted by molar-refractivity contribution is 0.0595. The summed E-state index contributed by atoms with van der Waals surface area (Å²) in [6, 6.07) is 17.3. The molecule has 0 spiro atoms. The Hall–Kier alpha value is -2.68. The third kappa shape index (κ3) is 2.57. The lowest BCUT2D eigenvalue weighted by atomic mass is 9.65. The highest BCUT2D eigenvalue weighted by Gasteiger charge is 2.69. The van der Waals surface area contributed by atoms with Crippen LogP contribution in [-0.2, 0) is 28.0 Å². The molecule has 0 saturated carbocycles. The number of piperidine rings is 1. The number of anilines is 1. The molecule has 0 aromatic heterocycles. The molecule has 156 valence electrons. The van der Waals surface area contributed by atoms with Crippen LogP contribution in [0.1, 0.15) is 17.5 Å². The normalized spacial score (nSPS) is 28.3. The zero-order valence-electron chi connectivity index (χ0n) is 16.4. The van der Waals surface area contributed by atoms with Crippen LogP contribution >= 0.6 is 0 Å². The van der Waals surface area contributed by atoms with Crippen LogP contribution in [0.25, 0.3) is 0 Å². The Morgan fingerprint density at radius 2 is 1.93 bits per heavy atom. The topological polar surface area (TPSA) is 84.9 Å². The SMILES string of the molecule is C=C1CN(C(=O)OCc2ccccc2)C[C@]23Nc4ccccc4[C@]12CCN3S(=O)[O-]. The molecule has 2 fully saturated rings. The smallest absolute Gasteiger partial charge is 0.410 e. The first-order valence-electron chi connectivity index (χ1n) is 9.86. The number of nitrogens with zero attached hydrogens (tertiary/aromatic N) is 2.